The highest BCUT2D eigenvalue weighted by Crippen LogP contribution is 2.19. The zero-order chi connectivity index (χ0) is 11.8. The zero-order valence-corrected chi connectivity index (χ0v) is 10.3. The SMILES string of the molecule is NC1=CS(=O)(=O)C(Oc2ccc(Br)cc2)=N1. The van der Waals surface area contributed by atoms with Gasteiger partial charge >= 0.3 is 5.23 Å². The van der Waals surface area contributed by atoms with Gasteiger partial charge < -0.3 is 10.5 Å². The second-order valence-electron chi connectivity index (χ2n) is 3.02. The summed E-state index contributed by atoms with van der Waals surface area (Å²) in [5, 5.41) is 0.466. The maximum absolute atomic E-state index is 11.4. The Balaban J connectivity index is 2.25. The van der Waals surface area contributed by atoms with Crippen molar-refractivity contribution in [2.45, 2.75) is 0 Å². The fourth-order valence-electron chi connectivity index (χ4n) is 1.09. The van der Waals surface area contributed by atoms with Gasteiger partial charge in [-0.05, 0) is 24.3 Å². The van der Waals surface area contributed by atoms with Gasteiger partial charge in [-0.1, -0.05) is 15.9 Å². The number of ether oxygens (including phenoxy) is 1. The molecule has 5 nitrogen and oxygen atoms in total. The molecule has 7 heteroatoms. The van der Waals surface area contributed by atoms with Crippen LogP contribution in [0.5, 0.6) is 5.75 Å². The number of nitrogens with zero attached hydrogens (tertiary/aromatic N) is 1. The van der Waals surface area contributed by atoms with E-state index in [4.69, 9.17) is 10.5 Å². The van der Waals surface area contributed by atoms with Crippen LogP contribution < -0.4 is 10.5 Å². The molecular formula is C9H7BrN2O3S. The molecule has 16 heavy (non-hydrogen) atoms. The van der Waals surface area contributed by atoms with Crippen molar-refractivity contribution in [2.24, 2.45) is 10.7 Å². The summed E-state index contributed by atoms with van der Waals surface area (Å²) in [7, 11) is -3.62. The van der Waals surface area contributed by atoms with Crippen LogP contribution in [0.2, 0.25) is 0 Å². The van der Waals surface area contributed by atoms with E-state index in [0.717, 1.165) is 9.88 Å². The number of hydrogen-bond acceptors (Lipinski definition) is 5. The van der Waals surface area contributed by atoms with Crippen molar-refractivity contribution in [3.05, 3.63) is 40.0 Å². The molecule has 0 atom stereocenters. The molecule has 2 rings (SSSR count). The number of rotatable bonds is 1. The highest BCUT2D eigenvalue weighted by atomic mass is 79.9. The predicted molar refractivity (Wildman–Crippen MR) is 63.4 cm³/mol. The van der Waals surface area contributed by atoms with Crippen LogP contribution in [0.4, 0.5) is 0 Å². The molecule has 0 spiro atoms. The van der Waals surface area contributed by atoms with Gasteiger partial charge in [-0.3, -0.25) is 0 Å². The van der Waals surface area contributed by atoms with Crippen LogP contribution in [-0.2, 0) is 9.84 Å². The first-order valence-electron chi connectivity index (χ1n) is 4.22. The van der Waals surface area contributed by atoms with Gasteiger partial charge in [0, 0.05) is 4.47 Å². The Morgan fingerprint density at radius 1 is 1.25 bits per heavy atom. The Labute approximate surface area is 101 Å². The third kappa shape index (κ3) is 2.25. The van der Waals surface area contributed by atoms with Crippen molar-refractivity contribution in [2.75, 3.05) is 0 Å². The lowest BCUT2D eigenvalue weighted by Gasteiger charge is -2.03. The summed E-state index contributed by atoms with van der Waals surface area (Å²) in [6, 6.07) is 6.70. The normalized spacial score (nSPS) is 17.8. The molecule has 0 saturated carbocycles. The molecule has 1 aliphatic rings. The molecule has 0 radical (unpaired) electrons. The first-order valence-corrected chi connectivity index (χ1v) is 6.56. The molecule has 84 valence electrons. The van der Waals surface area contributed by atoms with Gasteiger partial charge in [0.2, 0.25) is 0 Å². The van der Waals surface area contributed by atoms with Crippen molar-refractivity contribution >= 4 is 31.0 Å². The quantitative estimate of drug-likeness (QED) is 0.849. The highest BCUT2D eigenvalue weighted by molar-refractivity contribution is 9.10. The van der Waals surface area contributed by atoms with Crippen LogP contribution in [0.1, 0.15) is 0 Å². The standard InChI is InChI=1S/C9H7BrN2O3S/c10-6-1-3-7(4-2-6)15-9-12-8(11)5-16(9,13)14/h1-5H,11H2. The van der Waals surface area contributed by atoms with Crippen LogP contribution in [-0.4, -0.2) is 13.6 Å². The average molecular weight is 303 g/mol. The Bertz CT molecular complexity index is 575. The number of nitrogens with two attached hydrogens (primary N) is 1. The number of sulfone groups is 1. The minimum Gasteiger partial charge on any atom is -0.430 e. The lowest BCUT2D eigenvalue weighted by atomic mass is 10.3. The van der Waals surface area contributed by atoms with Crippen molar-refractivity contribution in [3.63, 3.8) is 0 Å². The predicted octanol–water partition coefficient (Wildman–Crippen LogP) is 1.37. The maximum atomic E-state index is 11.4. The summed E-state index contributed by atoms with van der Waals surface area (Å²) in [6.45, 7) is 0. The topological polar surface area (TPSA) is 81.8 Å². The van der Waals surface area contributed by atoms with E-state index in [1.54, 1.807) is 24.3 Å². The van der Waals surface area contributed by atoms with E-state index in [2.05, 4.69) is 20.9 Å². The van der Waals surface area contributed by atoms with E-state index in [1.807, 2.05) is 0 Å². The third-order valence-corrected chi connectivity index (χ3v) is 3.50. The van der Waals surface area contributed by atoms with E-state index < -0.39 is 15.1 Å². The van der Waals surface area contributed by atoms with Crippen molar-refractivity contribution < 1.29 is 13.2 Å². The van der Waals surface area contributed by atoms with Gasteiger partial charge in [-0.25, -0.2) is 8.42 Å². The van der Waals surface area contributed by atoms with Crippen LogP contribution >= 0.6 is 15.9 Å². The van der Waals surface area contributed by atoms with Gasteiger partial charge in [-0.2, -0.15) is 4.99 Å². The Morgan fingerprint density at radius 2 is 1.88 bits per heavy atom. The van der Waals surface area contributed by atoms with Crippen molar-refractivity contribution in [1.29, 1.82) is 0 Å². The number of benzene rings is 1. The summed E-state index contributed by atoms with van der Waals surface area (Å²) >= 11 is 3.26. The highest BCUT2D eigenvalue weighted by Gasteiger charge is 2.26. The van der Waals surface area contributed by atoms with E-state index in [9.17, 15) is 8.42 Å². The Kier molecular flexibility index (Phi) is 2.73. The first kappa shape index (κ1) is 11.2. The molecule has 1 aromatic rings. The summed E-state index contributed by atoms with van der Waals surface area (Å²) in [5.74, 6) is 0.306. The van der Waals surface area contributed by atoms with Gasteiger partial charge in [0.05, 0.1) is 5.41 Å². The fraction of sp³-hybridized carbons (Fsp3) is 0. The van der Waals surface area contributed by atoms with E-state index >= 15 is 0 Å². The van der Waals surface area contributed by atoms with E-state index in [-0.39, 0.29) is 5.82 Å². The molecule has 1 aliphatic heterocycles. The molecule has 1 heterocycles. The molecule has 0 amide bonds. The molecule has 0 bridgehead atoms. The summed E-state index contributed by atoms with van der Waals surface area (Å²) in [4.78, 5) is 3.59. The fourth-order valence-corrected chi connectivity index (χ4v) is 2.27. The summed E-state index contributed by atoms with van der Waals surface area (Å²) < 4.78 is 28.8. The largest absolute Gasteiger partial charge is 0.430 e. The van der Waals surface area contributed by atoms with Crippen LogP contribution in [0.3, 0.4) is 0 Å². The number of hydrogen-bond donors (Lipinski definition) is 1. The number of halogens is 1. The molecule has 0 unspecified atom stereocenters. The monoisotopic (exact) mass is 302 g/mol. The minimum absolute atomic E-state index is 0.0767. The van der Waals surface area contributed by atoms with Crippen molar-refractivity contribution in [1.82, 2.24) is 0 Å². The summed E-state index contributed by atoms with van der Waals surface area (Å²) in [5.41, 5.74) is 5.29. The summed E-state index contributed by atoms with van der Waals surface area (Å²) in [6.07, 6.45) is 0. The van der Waals surface area contributed by atoms with Crippen LogP contribution in [0, 0.1) is 0 Å². The number of aliphatic imine (C=N–C) groups is 1. The van der Waals surface area contributed by atoms with Gasteiger partial charge in [-0.15, -0.1) is 0 Å². The van der Waals surface area contributed by atoms with Gasteiger partial charge in [0.15, 0.2) is 0 Å². The zero-order valence-electron chi connectivity index (χ0n) is 7.92. The van der Waals surface area contributed by atoms with Crippen LogP contribution in [0.15, 0.2) is 45.0 Å². The molecule has 0 saturated heterocycles. The lowest BCUT2D eigenvalue weighted by molar-refractivity contribution is 0.549. The third-order valence-electron chi connectivity index (χ3n) is 1.76. The molecule has 2 N–H and O–H groups in total. The van der Waals surface area contributed by atoms with Gasteiger partial charge in [0.25, 0.3) is 9.84 Å². The molecule has 0 aromatic heterocycles. The molecule has 0 aliphatic carbocycles. The second kappa shape index (κ2) is 3.91. The maximum Gasteiger partial charge on any atom is 0.321 e. The molecule has 0 fully saturated rings. The van der Waals surface area contributed by atoms with Gasteiger partial charge in [0.1, 0.15) is 11.6 Å². The lowest BCUT2D eigenvalue weighted by Crippen LogP contribution is -2.15. The van der Waals surface area contributed by atoms with Crippen molar-refractivity contribution in [3.8, 4) is 5.75 Å². The van der Waals surface area contributed by atoms with E-state index in [1.165, 1.54) is 0 Å². The minimum atomic E-state index is -3.62. The van der Waals surface area contributed by atoms with Crippen LogP contribution in [0.25, 0.3) is 0 Å². The smallest absolute Gasteiger partial charge is 0.321 e. The first-order chi connectivity index (χ1) is 7.47. The average Bonchev–Trinajstić information content (AvgIpc) is 2.43. The molecular weight excluding hydrogens is 296 g/mol. The molecule has 1 aromatic carbocycles. The van der Waals surface area contributed by atoms with E-state index in [0.29, 0.717) is 5.75 Å². The second-order valence-corrected chi connectivity index (χ2v) is 5.61. The Hall–Kier alpha value is -1.34. The Morgan fingerprint density at radius 3 is 2.38 bits per heavy atom.